The van der Waals surface area contributed by atoms with E-state index in [-0.39, 0.29) is 48.7 Å². The van der Waals surface area contributed by atoms with Crippen LogP contribution in [0.5, 0.6) is 0 Å². The van der Waals surface area contributed by atoms with Crippen molar-refractivity contribution in [3.05, 3.63) is 70.5 Å². The van der Waals surface area contributed by atoms with Crippen molar-refractivity contribution in [1.82, 2.24) is 4.90 Å². The molecule has 1 fully saturated rings. The molecule has 0 bridgehead atoms. The fraction of sp³-hybridized carbons (Fsp3) is 0.576. The Balaban J connectivity index is 1.96. The number of halogens is 2. The molecule has 0 aliphatic carbocycles. The number of benzene rings is 2. The zero-order valence-electron chi connectivity index (χ0n) is 44.0. The number of Topliss-reactive ketones (excluding diaryl/α,β-unsaturated/α-hetero) is 1. The number of esters is 1. The highest BCUT2D eigenvalue weighted by atomic mass is 35.5. The highest BCUT2D eigenvalue weighted by molar-refractivity contribution is 6.30. The van der Waals surface area contributed by atoms with Gasteiger partial charge in [-0.15, -0.1) is 0 Å². The SMILES string of the molecule is [2H]C([2H])([2H])C([2H])([2H])C([2H])([2H])C([2H])([2H])C([2H])([2H])C([2H])([2H])C([2H])([2H])C([2H])([2H])C([2H])([2H])C([2H])([2H])C([2H])([2H])C(=O)OC1(c2ccc(Cl)cc2)CCN(CCCC(=O)c2ccc(F)cc2)CC1. The standard InChI is InChI=1S/C33H45ClFNO3/c1-2-3-4-5-6-7-8-9-10-13-32(38)39-33(28-16-18-29(34)19-17-28)22-25-36(26-23-33)24-11-12-31(37)27-14-20-30(35)21-15-27/h14-21H,2-13,22-26H2,1H3/i1D3,2D2,3D2,4D2,5D2,6D2,7D2,8D2,9D2,10D2,13D2. The first-order chi connectivity index (χ1) is 27.6. The minimum atomic E-state index is -4.88. The number of likely N-dealkylation sites (tertiary alicyclic amines) is 1. The molecule has 0 aromatic heterocycles. The summed E-state index contributed by atoms with van der Waals surface area (Å²) in [5.74, 6) is -2.89. The second kappa shape index (κ2) is 16.8. The first-order valence-corrected chi connectivity index (χ1v) is 12.5. The summed E-state index contributed by atoms with van der Waals surface area (Å²) in [7, 11) is 0. The molecule has 0 unspecified atom stereocenters. The lowest BCUT2D eigenvalue weighted by Crippen LogP contribution is -2.45. The van der Waals surface area contributed by atoms with E-state index >= 15 is 0 Å². The molecule has 39 heavy (non-hydrogen) atoms. The van der Waals surface area contributed by atoms with Crippen molar-refractivity contribution in [2.24, 2.45) is 0 Å². The monoisotopic (exact) mass is 580 g/mol. The molecule has 1 aliphatic rings. The van der Waals surface area contributed by atoms with E-state index in [9.17, 15) is 14.0 Å². The van der Waals surface area contributed by atoms with Crippen LogP contribution in [-0.4, -0.2) is 36.3 Å². The van der Waals surface area contributed by atoms with Gasteiger partial charge in [0.15, 0.2) is 5.78 Å². The number of carbonyl (C=O) groups excluding carboxylic acids is 2. The van der Waals surface area contributed by atoms with E-state index in [4.69, 9.17) is 47.9 Å². The van der Waals surface area contributed by atoms with Crippen molar-refractivity contribution in [2.45, 2.75) is 102 Å². The van der Waals surface area contributed by atoms with Crippen molar-refractivity contribution in [2.75, 3.05) is 19.6 Å². The summed E-state index contributed by atoms with van der Waals surface area (Å²) in [6.45, 7) is -3.42. The summed E-state index contributed by atoms with van der Waals surface area (Å²) in [6.07, 6.45) is -46.4. The molecule has 6 heteroatoms. The largest absolute Gasteiger partial charge is 0.454 e. The molecule has 1 saturated heterocycles. The van der Waals surface area contributed by atoms with Crippen molar-refractivity contribution in [1.29, 1.82) is 0 Å². The van der Waals surface area contributed by atoms with Crippen LogP contribution >= 0.6 is 11.6 Å². The third-order valence-corrected chi connectivity index (χ3v) is 6.28. The van der Waals surface area contributed by atoms with Crippen LogP contribution in [0.1, 0.15) is 144 Å². The molecule has 214 valence electrons. The maximum atomic E-state index is 13.9. The molecule has 2 aromatic rings. The topological polar surface area (TPSA) is 46.6 Å². The number of ether oxygens (including phenoxy) is 1. The quantitative estimate of drug-likeness (QED) is 0.138. The van der Waals surface area contributed by atoms with Crippen molar-refractivity contribution >= 4 is 23.4 Å². The third-order valence-electron chi connectivity index (χ3n) is 6.03. The predicted octanol–water partition coefficient (Wildman–Crippen LogP) is 8.90. The van der Waals surface area contributed by atoms with Crippen LogP contribution in [0, 0.1) is 5.82 Å². The van der Waals surface area contributed by atoms with Gasteiger partial charge < -0.3 is 9.64 Å². The lowest BCUT2D eigenvalue weighted by molar-refractivity contribution is -0.167. The number of rotatable bonds is 17. The number of hydrogen-bond acceptors (Lipinski definition) is 4. The number of nitrogens with zero attached hydrogens (tertiary/aromatic N) is 1. The van der Waals surface area contributed by atoms with E-state index in [0.717, 1.165) is 12.1 Å². The minimum absolute atomic E-state index is 0.0955. The van der Waals surface area contributed by atoms with E-state index in [1.54, 1.807) is 0 Å². The zero-order chi connectivity index (χ0) is 48.4. The fourth-order valence-corrected chi connectivity index (χ4v) is 4.21. The van der Waals surface area contributed by atoms with Crippen LogP contribution in [-0.2, 0) is 15.1 Å². The molecule has 1 heterocycles. The molecule has 0 saturated carbocycles. The Hall–Kier alpha value is -2.24. The van der Waals surface area contributed by atoms with Gasteiger partial charge in [-0.2, -0.15) is 0 Å². The Bertz CT molecular complexity index is 1930. The highest BCUT2D eigenvalue weighted by Crippen LogP contribution is 2.38. The molecular formula is C33H45ClFNO3. The maximum Gasteiger partial charge on any atom is 0.306 e. The third kappa shape index (κ3) is 10.7. The summed E-state index contributed by atoms with van der Waals surface area (Å²) in [5, 5.41) is 0.235. The average molecular weight is 581 g/mol. The zero-order valence-corrected chi connectivity index (χ0v) is 21.8. The molecule has 1 aliphatic heterocycles. The van der Waals surface area contributed by atoms with Crippen LogP contribution in [0.2, 0.25) is 5.02 Å². The molecule has 0 radical (unpaired) electrons. The summed E-state index contributed by atoms with van der Waals surface area (Å²) in [5.41, 5.74) is -1.24. The summed E-state index contributed by atoms with van der Waals surface area (Å²) in [4.78, 5) is 28.3. The molecule has 3 rings (SSSR count). The van der Waals surface area contributed by atoms with E-state index in [1.165, 1.54) is 36.4 Å². The van der Waals surface area contributed by atoms with Crippen LogP contribution in [0.3, 0.4) is 0 Å². The van der Waals surface area contributed by atoms with Gasteiger partial charge in [0.05, 0.1) is 0 Å². The number of ketones is 1. The van der Waals surface area contributed by atoms with Gasteiger partial charge in [0.25, 0.3) is 0 Å². The van der Waals surface area contributed by atoms with Crippen LogP contribution in [0.4, 0.5) is 4.39 Å². The lowest BCUT2D eigenvalue weighted by Gasteiger charge is -2.41. The number of carbonyl (C=O) groups is 2. The molecule has 4 nitrogen and oxygen atoms in total. The van der Waals surface area contributed by atoms with Gasteiger partial charge in [0.2, 0.25) is 0 Å². The second-order valence-corrected chi connectivity index (χ2v) is 8.95. The van der Waals surface area contributed by atoms with Gasteiger partial charge in [-0.25, -0.2) is 4.39 Å². The summed E-state index contributed by atoms with van der Waals surface area (Å²) in [6, 6.07) is 10.6. The van der Waals surface area contributed by atoms with Crippen molar-refractivity contribution in [3.8, 4) is 0 Å². The first-order valence-electron chi connectivity index (χ1n) is 23.6. The van der Waals surface area contributed by atoms with Gasteiger partial charge in [-0.3, -0.25) is 9.59 Å². The maximum absolute atomic E-state index is 13.9. The van der Waals surface area contributed by atoms with Crippen LogP contribution in [0.25, 0.3) is 0 Å². The normalized spacial score (nSPS) is 28.0. The van der Waals surface area contributed by atoms with E-state index < -0.39 is 88.0 Å². The predicted molar refractivity (Wildman–Crippen MR) is 157 cm³/mol. The van der Waals surface area contributed by atoms with Crippen LogP contribution < -0.4 is 0 Å². The van der Waals surface area contributed by atoms with Crippen molar-refractivity contribution in [3.63, 3.8) is 0 Å². The van der Waals surface area contributed by atoms with E-state index in [2.05, 4.69) is 0 Å². The van der Waals surface area contributed by atoms with Crippen LogP contribution in [0.15, 0.2) is 48.5 Å². The van der Waals surface area contributed by atoms with E-state index in [0.29, 0.717) is 18.5 Å². The Labute approximate surface area is 271 Å². The Morgan fingerprint density at radius 2 is 1.56 bits per heavy atom. The van der Waals surface area contributed by atoms with Gasteiger partial charge in [-0.05, 0) is 61.3 Å². The molecule has 0 amide bonds. The molecule has 0 N–H and O–H groups in total. The van der Waals surface area contributed by atoms with Crippen molar-refractivity contribution < 1.29 is 50.2 Å². The average Bonchev–Trinajstić information content (AvgIpc) is 3.14. The summed E-state index contributed by atoms with van der Waals surface area (Å²) >= 11 is 6.06. The fourth-order valence-electron chi connectivity index (χ4n) is 4.09. The molecule has 0 atom stereocenters. The Morgan fingerprint density at radius 3 is 2.21 bits per heavy atom. The van der Waals surface area contributed by atoms with E-state index in [1.807, 2.05) is 4.90 Å². The second-order valence-electron chi connectivity index (χ2n) is 8.52. The van der Waals surface area contributed by atoms with Gasteiger partial charge in [0.1, 0.15) is 11.4 Å². The lowest BCUT2D eigenvalue weighted by atomic mass is 9.84. The molecule has 2 aromatic carbocycles. The minimum Gasteiger partial charge on any atom is -0.454 e. The summed E-state index contributed by atoms with van der Waals surface area (Å²) < 4.78 is 207. The first kappa shape index (κ1) is 12.3. The Kier molecular flexibility index (Phi) is 5.30. The molecule has 0 spiro atoms. The smallest absolute Gasteiger partial charge is 0.306 e. The van der Waals surface area contributed by atoms with Gasteiger partial charge >= 0.3 is 5.97 Å². The highest BCUT2D eigenvalue weighted by Gasteiger charge is 2.39. The number of hydrogen-bond donors (Lipinski definition) is 0. The van der Waals surface area contributed by atoms with Gasteiger partial charge in [0, 0.05) is 80.8 Å². The molecular weight excluding hydrogens is 513 g/mol. The van der Waals surface area contributed by atoms with Gasteiger partial charge in [-0.1, -0.05) is 81.6 Å². The Morgan fingerprint density at radius 1 is 0.949 bits per heavy atom. The number of piperidine rings is 1.